The first-order valence-corrected chi connectivity index (χ1v) is 2.99. The monoisotopic (exact) mass is 108 g/mol. The molecule has 0 amide bonds. The van der Waals surface area contributed by atoms with Crippen LogP contribution in [0.25, 0.3) is 0 Å². The number of rotatable bonds is 1. The van der Waals surface area contributed by atoms with Gasteiger partial charge in [0.15, 0.2) is 6.10 Å². The third-order valence-corrected chi connectivity index (χ3v) is 1.62. The van der Waals surface area contributed by atoms with Gasteiger partial charge < -0.3 is 4.74 Å². The zero-order chi connectivity index (χ0) is 5.56. The summed E-state index contributed by atoms with van der Waals surface area (Å²) < 4.78 is 5.15. The van der Waals surface area contributed by atoms with E-state index < -0.39 is 0 Å². The molecule has 8 heavy (non-hydrogen) atoms. The molecule has 0 radical (unpaired) electrons. The molecule has 1 nitrogen and oxygen atoms in total. The summed E-state index contributed by atoms with van der Waals surface area (Å²) in [4.78, 5) is 0. The number of epoxide rings is 1. The zero-order valence-corrected chi connectivity index (χ0v) is 4.85. The van der Waals surface area contributed by atoms with Crippen LogP contribution in [0, 0.1) is 0 Å². The van der Waals surface area contributed by atoms with Gasteiger partial charge in [-0.25, -0.2) is 0 Å². The molecule has 0 spiro atoms. The van der Waals surface area contributed by atoms with E-state index in [0.29, 0.717) is 6.10 Å². The molecule has 0 saturated carbocycles. The molecule has 1 aliphatic carbocycles. The molecule has 1 unspecified atom stereocenters. The maximum absolute atomic E-state index is 5.15. The van der Waals surface area contributed by atoms with E-state index in [4.69, 9.17) is 4.74 Å². The van der Waals surface area contributed by atoms with Crippen molar-refractivity contribution in [2.45, 2.75) is 19.4 Å². The highest BCUT2D eigenvalue weighted by Crippen LogP contribution is 2.38. The molecule has 1 fully saturated rings. The minimum atomic E-state index is 0.393. The predicted octanol–water partition coefficient (Wildman–Crippen LogP) is 1.62. The average Bonchev–Trinajstić information content (AvgIpc) is 2.46. The van der Waals surface area contributed by atoms with Gasteiger partial charge in [0, 0.05) is 0 Å². The maximum Gasteiger partial charge on any atom is 0.174 e. The summed E-state index contributed by atoms with van der Waals surface area (Å²) in [6.07, 6.45) is 5.77. The van der Waals surface area contributed by atoms with Gasteiger partial charge in [0.1, 0.15) is 5.76 Å². The Morgan fingerprint density at radius 1 is 1.75 bits per heavy atom. The van der Waals surface area contributed by atoms with Crippen molar-refractivity contribution < 1.29 is 4.74 Å². The smallest absolute Gasteiger partial charge is 0.174 e. The van der Waals surface area contributed by atoms with Gasteiger partial charge >= 0.3 is 0 Å². The molecule has 0 aromatic rings. The molecule has 0 N–H and O–H groups in total. The molecule has 1 heterocycles. The quantitative estimate of drug-likeness (QED) is 0.465. The summed E-state index contributed by atoms with van der Waals surface area (Å²) in [5.41, 5.74) is 1.38. The van der Waals surface area contributed by atoms with E-state index in [1.165, 1.54) is 11.3 Å². The number of hydrogen-bond acceptors (Lipinski definition) is 1. The Hall–Kier alpha value is -0.720. The molecule has 0 aromatic heterocycles. The first-order valence-electron chi connectivity index (χ1n) is 2.99. The molecule has 1 saturated heterocycles. The Morgan fingerprint density at radius 3 is 2.88 bits per heavy atom. The predicted molar refractivity (Wildman–Crippen MR) is 31.3 cm³/mol. The van der Waals surface area contributed by atoms with Crippen LogP contribution in [0.5, 0.6) is 0 Å². The lowest BCUT2D eigenvalue weighted by Crippen LogP contribution is -1.68. The fraction of sp³-hybridized carbons (Fsp3) is 0.429. The highest BCUT2D eigenvalue weighted by molar-refractivity contribution is 5.42. The van der Waals surface area contributed by atoms with Crippen molar-refractivity contribution in [3.05, 3.63) is 23.5 Å². The molecule has 1 atom stereocenters. The van der Waals surface area contributed by atoms with Crippen molar-refractivity contribution in [2.24, 2.45) is 0 Å². The van der Waals surface area contributed by atoms with Crippen LogP contribution in [0.15, 0.2) is 23.5 Å². The number of hydrogen-bond donors (Lipinski definition) is 0. The van der Waals surface area contributed by atoms with E-state index in [2.05, 4.69) is 19.1 Å². The van der Waals surface area contributed by atoms with Crippen molar-refractivity contribution in [2.75, 3.05) is 0 Å². The van der Waals surface area contributed by atoms with Crippen molar-refractivity contribution in [1.29, 1.82) is 0 Å². The molecule has 0 bridgehead atoms. The van der Waals surface area contributed by atoms with Gasteiger partial charge in [-0.1, -0.05) is 13.0 Å². The fourth-order valence-electron chi connectivity index (χ4n) is 1.07. The lowest BCUT2D eigenvalue weighted by atomic mass is 10.2. The van der Waals surface area contributed by atoms with Gasteiger partial charge in [-0.15, -0.1) is 0 Å². The normalized spacial score (nSPS) is 30.4. The summed E-state index contributed by atoms with van der Waals surface area (Å²) in [5, 5.41) is 0. The Bertz CT molecular complexity index is 177. The molecule has 42 valence electrons. The SMILES string of the molecule is CCC1=C2OC2C=C1. The van der Waals surface area contributed by atoms with Gasteiger partial charge in [-0.05, 0) is 18.1 Å². The highest BCUT2D eigenvalue weighted by Gasteiger charge is 2.35. The fourth-order valence-corrected chi connectivity index (χ4v) is 1.07. The van der Waals surface area contributed by atoms with E-state index in [-0.39, 0.29) is 0 Å². The van der Waals surface area contributed by atoms with Crippen LogP contribution in [0.3, 0.4) is 0 Å². The largest absolute Gasteiger partial charge is 0.478 e. The summed E-state index contributed by atoms with van der Waals surface area (Å²) in [6, 6.07) is 0. The van der Waals surface area contributed by atoms with Crippen LogP contribution < -0.4 is 0 Å². The lowest BCUT2D eigenvalue weighted by Gasteiger charge is -1.86. The van der Waals surface area contributed by atoms with Gasteiger partial charge in [0.25, 0.3) is 0 Å². The van der Waals surface area contributed by atoms with Crippen LogP contribution in [0.4, 0.5) is 0 Å². The first kappa shape index (κ1) is 4.19. The van der Waals surface area contributed by atoms with Crippen LogP contribution in [0.2, 0.25) is 0 Å². The summed E-state index contributed by atoms with van der Waals surface area (Å²) in [6.45, 7) is 2.15. The van der Waals surface area contributed by atoms with Gasteiger partial charge in [0.05, 0.1) is 0 Å². The van der Waals surface area contributed by atoms with Gasteiger partial charge in [-0.2, -0.15) is 0 Å². The Morgan fingerprint density at radius 2 is 2.62 bits per heavy atom. The van der Waals surface area contributed by atoms with Crippen LogP contribution in [-0.4, -0.2) is 6.10 Å². The maximum atomic E-state index is 5.15. The zero-order valence-electron chi connectivity index (χ0n) is 4.85. The summed E-state index contributed by atoms with van der Waals surface area (Å²) in [5.74, 6) is 1.22. The number of ether oxygens (including phenoxy) is 1. The first-order chi connectivity index (χ1) is 3.92. The summed E-state index contributed by atoms with van der Waals surface area (Å²) in [7, 11) is 0. The van der Waals surface area contributed by atoms with Gasteiger partial charge in [0.2, 0.25) is 0 Å². The molecule has 2 rings (SSSR count). The lowest BCUT2D eigenvalue weighted by molar-refractivity contribution is 0.460. The number of fused-ring (bicyclic) bond motifs is 1. The van der Waals surface area contributed by atoms with E-state index in [1.54, 1.807) is 0 Å². The minimum absolute atomic E-state index is 0.393. The second-order valence-electron chi connectivity index (χ2n) is 2.14. The molecular formula is C7H8O. The van der Waals surface area contributed by atoms with E-state index in [9.17, 15) is 0 Å². The molecule has 2 aliphatic rings. The van der Waals surface area contributed by atoms with Gasteiger partial charge in [-0.3, -0.25) is 0 Å². The van der Waals surface area contributed by atoms with E-state index in [0.717, 1.165) is 6.42 Å². The van der Waals surface area contributed by atoms with Crippen molar-refractivity contribution in [1.82, 2.24) is 0 Å². The molecule has 0 aromatic carbocycles. The Labute approximate surface area is 48.7 Å². The highest BCUT2D eigenvalue weighted by atomic mass is 16.6. The van der Waals surface area contributed by atoms with Crippen LogP contribution in [-0.2, 0) is 4.74 Å². The molecule has 1 aliphatic heterocycles. The van der Waals surface area contributed by atoms with Crippen molar-refractivity contribution in [3.8, 4) is 0 Å². The molecule has 1 heteroatoms. The number of allylic oxidation sites excluding steroid dienone is 2. The standard InChI is InChI=1S/C7H8O/c1-2-5-3-4-6-7(5)8-6/h3-4,6H,2H2,1H3. The van der Waals surface area contributed by atoms with Crippen LogP contribution >= 0.6 is 0 Å². The van der Waals surface area contributed by atoms with Crippen molar-refractivity contribution in [3.63, 3.8) is 0 Å². The second kappa shape index (κ2) is 1.16. The summed E-state index contributed by atoms with van der Waals surface area (Å²) >= 11 is 0. The second-order valence-corrected chi connectivity index (χ2v) is 2.14. The average molecular weight is 108 g/mol. The van der Waals surface area contributed by atoms with Crippen LogP contribution in [0.1, 0.15) is 13.3 Å². The molecular weight excluding hydrogens is 100 g/mol. The third-order valence-electron chi connectivity index (χ3n) is 1.62. The Kier molecular flexibility index (Phi) is 0.608. The van der Waals surface area contributed by atoms with E-state index in [1.807, 2.05) is 0 Å². The third kappa shape index (κ3) is 0.365. The van der Waals surface area contributed by atoms with Crippen molar-refractivity contribution >= 4 is 0 Å². The Balaban J connectivity index is 2.31. The van der Waals surface area contributed by atoms with E-state index >= 15 is 0 Å². The topological polar surface area (TPSA) is 12.5 Å². The minimum Gasteiger partial charge on any atom is -0.478 e.